The van der Waals surface area contributed by atoms with E-state index in [9.17, 15) is 8.42 Å². The Morgan fingerprint density at radius 2 is 1.86 bits per heavy atom. The average molecular weight is 349 g/mol. The molecule has 2 heterocycles. The van der Waals surface area contributed by atoms with Crippen molar-refractivity contribution in [1.29, 1.82) is 0 Å². The van der Waals surface area contributed by atoms with Crippen LogP contribution in [0.5, 0.6) is 0 Å². The van der Waals surface area contributed by atoms with Gasteiger partial charge in [0.05, 0.1) is 5.02 Å². The zero-order valence-corrected chi connectivity index (χ0v) is 14.0. The molecule has 1 saturated carbocycles. The summed E-state index contributed by atoms with van der Waals surface area (Å²) in [7, 11) is -3.52. The molecule has 2 atom stereocenters. The Bertz CT molecular complexity index is 636. The van der Waals surface area contributed by atoms with Crippen molar-refractivity contribution in [2.75, 3.05) is 13.1 Å². The first kappa shape index (κ1) is 15.5. The lowest BCUT2D eigenvalue weighted by Crippen LogP contribution is -2.44. The highest BCUT2D eigenvalue weighted by atomic mass is 35.5. The Hall–Kier alpha value is -0.360. The number of hydrogen-bond donors (Lipinski definition) is 0. The summed E-state index contributed by atoms with van der Waals surface area (Å²) in [6.07, 6.45) is 7.12. The number of aromatic nitrogens is 1. The number of sulfonamides is 1. The first-order chi connectivity index (χ1) is 9.98. The van der Waals surface area contributed by atoms with Crippen molar-refractivity contribution in [2.45, 2.75) is 37.0 Å². The van der Waals surface area contributed by atoms with Gasteiger partial charge in [0.2, 0.25) is 10.0 Å². The van der Waals surface area contributed by atoms with Gasteiger partial charge in [-0.15, -0.1) is 0 Å². The summed E-state index contributed by atoms with van der Waals surface area (Å²) in [5, 5.41) is 0.298. The molecule has 0 bridgehead atoms. The van der Waals surface area contributed by atoms with Crippen LogP contribution >= 0.6 is 23.2 Å². The second-order valence-electron chi connectivity index (χ2n) is 5.90. The SMILES string of the molecule is O=S(=O)(c1cnc(Cl)c(Cl)c1)N1CCC2CCCCC2C1. The fourth-order valence-electron chi connectivity index (χ4n) is 3.48. The van der Waals surface area contributed by atoms with Crippen molar-refractivity contribution in [3.63, 3.8) is 0 Å². The van der Waals surface area contributed by atoms with Gasteiger partial charge in [-0.3, -0.25) is 0 Å². The van der Waals surface area contributed by atoms with Crippen LogP contribution in [0, 0.1) is 11.8 Å². The topological polar surface area (TPSA) is 50.3 Å². The van der Waals surface area contributed by atoms with Crippen molar-refractivity contribution in [3.8, 4) is 0 Å². The van der Waals surface area contributed by atoms with Crippen LogP contribution in [-0.2, 0) is 10.0 Å². The molecule has 0 aromatic carbocycles. The first-order valence-corrected chi connectivity index (χ1v) is 9.49. The molecule has 7 heteroatoms. The second-order valence-corrected chi connectivity index (χ2v) is 8.60. The number of halogens is 2. The van der Waals surface area contributed by atoms with Gasteiger partial charge in [0.25, 0.3) is 0 Å². The molecule has 0 spiro atoms. The smallest absolute Gasteiger partial charge is 0.242 e. The highest BCUT2D eigenvalue weighted by Gasteiger charge is 2.36. The Labute approximate surface area is 135 Å². The summed E-state index contributed by atoms with van der Waals surface area (Å²) < 4.78 is 27.0. The van der Waals surface area contributed by atoms with E-state index in [1.54, 1.807) is 4.31 Å². The fourth-order valence-corrected chi connectivity index (χ4v) is 5.30. The van der Waals surface area contributed by atoms with Crippen LogP contribution in [0.1, 0.15) is 32.1 Å². The minimum Gasteiger partial charge on any atom is -0.242 e. The predicted molar refractivity (Wildman–Crippen MR) is 83.1 cm³/mol. The number of piperidine rings is 1. The Kier molecular flexibility index (Phi) is 4.46. The molecule has 1 saturated heterocycles. The van der Waals surface area contributed by atoms with Crippen molar-refractivity contribution in [1.82, 2.24) is 9.29 Å². The summed E-state index contributed by atoms with van der Waals surface area (Å²) in [6, 6.07) is 1.39. The average Bonchev–Trinajstić information content (AvgIpc) is 2.49. The van der Waals surface area contributed by atoms with E-state index in [1.807, 2.05) is 0 Å². The minimum absolute atomic E-state index is 0.126. The van der Waals surface area contributed by atoms with Crippen molar-refractivity contribution in [3.05, 3.63) is 22.4 Å². The number of pyridine rings is 1. The van der Waals surface area contributed by atoms with Crippen LogP contribution in [0.4, 0.5) is 0 Å². The summed E-state index contributed by atoms with van der Waals surface area (Å²) in [5.74, 6) is 1.19. The van der Waals surface area contributed by atoms with Crippen LogP contribution < -0.4 is 0 Å². The van der Waals surface area contributed by atoms with E-state index in [2.05, 4.69) is 4.98 Å². The largest absolute Gasteiger partial charge is 0.244 e. The molecule has 2 fully saturated rings. The van der Waals surface area contributed by atoms with E-state index < -0.39 is 10.0 Å². The zero-order chi connectivity index (χ0) is 15.0. The summed E-state index contributed by atoms with van der Waals surface area (Å²) >= 11 is 11.6. The molecule has 1 aliphatic heterocycles. The number of rotatable bonds is 2. The maximum absolute atomic E-state index is 12.7. The van der Waals surface area contributed by atoms with Crippen LogP contribution in [0.3, 0.4) is 0 Å². The van der Waals surface area contributed by atoms with Gasteiger partial charge in [-0.1, -0.05) is 42.5 Å². The van der Waals surface area contributed by atoms with Gasteiger partial charge in [-0.05, 0) is 30.7 Å². The third kappa shape index (κ3) is 3.07. The standard InChI is InChI=1S/C14H18Cl2N2O2S/c15-13-7-12(8-17-14(13)16)21(19,20)18-6-5-10-3-1-2-4-11(10)9-18/h7-8,10-11H,1-6,9H2. The Balaban J connectivity index is 1.83. The van der Waals surface area contributed by atoms with E-state index in [4.69, 9.17) is 23.2 Å². The van der Waals surface area contributed by atoms with Gasteiger partial charge in [0, 0.05) is 19.3 Å². The zero-order valence-electron chi connectivity index (χ0n) is 11.6. The highest BCUT2D eigenvalue weighted by Crippen LogP contribution is 2.37. The molecule has 21 heavy (non-hydrogen) atoms. The van der Waals surface area contributed by atoms with Crippen LogP contribution in [0.2, 0.25) is 10.2 Å². The fraction of sp³-hybridized carbons (Fsp3) is 0.643. The molecule has 0 amide bonds. The monoisotopic (exact) mass is 348 g/mol. The molecule has 1 aliphatic carbocycles. The molecule has 3 rings (SSSR count). The molecule has 4 nitrogen and oxygen atoms in total. The third-order valence-electron chi connectivity index (χ3n) is 4.66. The lowest BCUT2D eigenvalue weighted by Gasteiger charge is -2.40. The van der Waals surface area contributed by atoms with Crippen LogP contribution in [0.15, 0.2) is 17.2 Å². The molecular weight excluding hydrogens is 331 g/mol. The Morgan fingerprint density at radius 3 is 2.57 bits per heavy atom. The maximum atomic E-state index is 12.7. The highest BCUT2D eigenvalue weighted by molar-refractivity contribution is 7.89. The van der Waals surface area contributed by atoms with Crippen molar-refractivity contribution >= 4 is 33.2 Å². The van der Waals surface area contributed by atoms with Gasteiger partial charge in [0.1, 0.15) is 10.0 Å². The number of fused-ring (bicyclic) bond motifs is 1. The number of nitrogens with zero attached hydrogens (tertiary/aromatic N) is 2. The molecule has 0 radical (unpaired) electrons. The van der Waals surface area contributed by atoms with Gasteiger partial charge < -0.3 is 0 Å². The van der Waals surface area contributed by atoms with E-state index in [0.717, 1.165) is 12.8 Å². The summed E-state index contributed by atoms with van der Waals surface area (Å²) in [5.41, 5.74) is 0. The first-order valence-electron chi connectivity index (χ1n) is 7.29. The van der Waals surface area contributed by atoms with Gasteiger partial charge in [-0.25, -0.2) is 13.4 Å². The normalized spacial score (nSPS) is 27.3. The van der Waals surface area contributed by atoms with Gasteiger partial charge in [-0.2, -0.15) is 4.31 Å². The van der Waals surface area contributed by atoms with Gasteiger partial charge >= 0.3 is 0 Å². The van der Waals surface area contributed by atoms with E-state index in [-0.39, 0.29) is 15.1 Å². The lowest BCUT2D eigenvalue weighted by atomic mass is 9.76. The van der Waals surface area contributed by atoms with E-state index in [0.29, 0.717) is 24.9 Å². The van der Waals surface area contributed by atoms with Crippen molar-refractivity contribution < 1.29 is 8.42 Å². The summed E-state index contributed by atoms with van der Waals surface area (Å²) in [4.78, 5) is 3.98. The second kappa shape index (κ2) is 6.03. The van der Waals surface area contributed by atoms with Crippen molar-refractivity contribution in [2.24, 2.45) is 11.8 Å². The van der Waals surface area contributed by atoms with Crippen LogP contribution in [-0.4, -0.2) is 30.8 Å². The molecule has 116 valence electrons. The molecule has 2 unspecified atom stereocenters. The predicted octanol–water partition coefficient (Wildman–Crippen LogP) is 3.59. The molecule has 2 aliphatic rings. The molecule has 0 N–H and O–H groups in total. The quantitative estimate of drug-likeness (QED) is 0.767. The maximum Gasteiger partial charge on any atom is 0.244 e. The van der Waals surface area contributed by atoms with E-state index in [1.165, 1.54) is 31.5 Å². The van der Waals surface area contributed by atoms with Crippen LogP contribution in [0.25, 0.3) is 0 Å². The van der Waals surface area contributed by atoms with E-state index >= 15 is 0 Å². The minimum atomic E-state index is -3.52. The molecular formula is C14H18Cl2N2O2S. The molecule has 1 aromatic heterocycles. The summed E-state index contributed by atoms with van der Waals surface area (Å²) in [6.45, 7) is 1.21. The Morgan fingerprint density at radius 1 is 1.14 bits per heavy atom. The molecule has 1 aromatic rings. The third-order valence-corrected chi connectivity index (χ3v) is 7.18. The van der Waals surface area contributed by atoms with Gasteiger partial charge in [0.15, 0.2) is 0 Å². The lowest BCUT2D eigenvalue weighted by molar-refractivity contribution is 0.136. The number of hydrogen-bond acceptors (Lipinski definition) is 3.